The Morgan fingerprint density at radius 3 is 2.51 bits per heavy atom. The predicted octanol–water partition coefficient (Wildman–Crippen LogP) is 6.25. The van der Waals surface area contributed by atoms with Gasteiger partial charge in [0, 0.05) is 41.2 Å². The van der Waals surface area contributed by atoms with Gasteiger partial charge < -0.3 is 0 Å². The van der Waals surface area contributed by atoms with Crippen molar-refractivity contribution < 1.29 is 9.18 Å². The van der Waals surface area contributed by atoms with Crippen molar-refractivity contribution >= 4 is 29.1 Å². The predicted molar refractivity (Wildman–Crippen MR) is 139 cm³/mol. The zero-order valence-electron chi connectivity index (χ0n) is 19.6. The lowest BCUT2D eigenvalue weighted by molar-refractivity contribution is 0.0743. The molecule has 2 aromatic carbocycles. The van der Waals surface area contributed by atoms with Crippen LogP contribution in [0.4, 0.5) is 4.39 Å². The highest BCUT2D eigenvalue weighted by Crippen LogP contribution is 2.33. The van der Waals surface area contributed by atoms with Crippen LogP contribution in [0.1, 0.15) is 54.2 Å². The lowest BCUT2D eigenvalue weighted by Gasteiger charge is -2.26. The summed E-state index contributed by atoms with van der Waals surface area (Å²) in [6.45, 7) is 3.19. The number of hydrogen-bond donors (Lipinski definition) is 1. The molecule has 0 unspecified atom stereocenters. The molecule has 3 aromatic rings. The van der Waals surface area contributed by atoms with E-state index in [1.807, 2.05) is 36.2 Å². The summed E-state index contributed by atoms with van der Waals surface area (Å²) in [6.07, 6.45) is 4.10. The molecule has 4 rings (SSSR count). The van der Waals surface area contributed by atoms with Crippen LogP contribution in [-0.4, -0.2) is 40.5 Å². The molecule has 1 amide bonds. The van der Waals surface area contributed by atoms with E-state index in [0.717, 1.165) is 48.3 Å². The van der Waals surface area contributed by atoms with Gasteiger partial charge in [0.1, 0.15) is 6.67 Å². The number of rotatable bonds is 6. The van der Waals surface area contributed by atoms with Crippen LogP contribution in [0.3, 0.4) is 0 Å². The Kier molecular flexibility index (Phi) is 8.46. The van der Waals surface area contributed by atoms with E-state index in [9.17, 15) is 9.18 Å². The Labute approximate surface area is 215 Å². The first kappa shape index (κ1) is 25.2. The van der Waals surface area contributed by atoms with Gasteiger partial charge in [-0.1, -0.05) is 60.5 Å². The molecular formula is C27H27Cl2FN4O. The monoisotopic (exact) mass is 512 g/mol. The number of hydrogen-bond acceptors (Lipinski definition) is 3. The van der Waals surface area contributed by atoms with Gasteiger partial charge in [0.2, 0.25) is 0 Å². The zero-order valence-corrected chi connectivity index (χ0v) is 21.1. The van der Waals surface area contributed by atoms with Gasteiger partial charge in [0.25, 0.3) is 5.91 Å². The molecule has 182 valence electrons. The second-order valence-corrected chi connectivity index (χ2v) is 9.19. The van der Waals surface area contributed by atoms with E-state index >= 15 is 0 Å². The number of nitrogens with one attached hydrogen (secondary N) is 1. The van der Waals surface area contributed by atoms with Gasteiger partial charge >= 0.3 is 0 Å². The molecule has 0 radical (unpaired) electrons. The molecule has 1 saturated heterocycles. The number of carbonyl (C=O) groups excluding carboxylic acids is 1. The van der Waals surface area contributed by atoms with Gasteiger partial charge in [-0.05, 0) is 49.6 Å². The first-order valence-corrected chi connectivity index (χ1v) is 12.6. The van der Waals surface area contributed by atoms with Crippen molar-refractivity contribution in [3.05, 3.63) is 69.3 Å². The number of halogens is 3. The number of aromatic nitrogens is 2. The maximum Gasteiger partial charge on any atom is 0.286 e. The SMILES string of the molecule is CCc1c(C(=O)NN2CCCCC2)nn(-c2ccc(Cl)cc2Cl)c1-c1ccc(C#CCCF)cc1. The summed E-state index contributed by atoms with van der Waals surface area (Å²) in [5.74, 6) is 5.54. The summed E-state index contributed by atoms with van der Waals surface area (Å²) < 4.78 is 14.1. The molecule has 35 heavy (non-hydrogen) atoms. The molecule has 0 aliphatic carbocycles. The molecule has 2 heterocycles. The number of nitrogens with zero attached hydrogens (tertiary/aromatic N) is 3. The molecule has 1 fully saturated rings. The minimum Gasteiger partial charge on any atom is -0.283 e. The summed E-state index contributed by atoms with van der Waals surface area (Å²) in [5, 5.41) is 7.66. The Balaban J connectivity index is 1.80. The number of amides is 1. The van der Waals surface area contributed by atoms with Crippen molar-refractivity contribution in [2.24, 2.45) is 0 Å². The van der Waals surface area contributed by atoms with E-state index in [4.69, 9.17) is 28.3 Å². The Morgan fingerprint density at radius 2 is 1.86 bits per heavy atom. The number of hydrazine groups is 1. The van der Waals surface area contributed by atoms with Gasteiger partial charge in [-0.15, -0.1) is 0 Å². The third-order valence-corrected chi connectivity index (χ3v) is 6.45. The molecule has 0 bridgehead atoms. The second-order valence-electron chi connectivity index (χ2n) is 8.34. The van der Waals surface area contributed by atoms with E-state index in [1.54, 1.807) is 22.9 Å². The molecule has 1 N–H and O–H groups in total. The molecule has 5 nitrogen and oxygen atoms in total. The van der Waals surface area contributed by atoms with Crippen molar-refractivity contribution in [2.45, 2.75) is 39.0 Å². The maximum absolute atomic E-state index is 13.3. The normalized spacial score (nSPS) is 13.8. The van der Waals surface area contributed by atoms with Crippen LogP contribution in [0, 0.1) is 11.8 Å². The molecule has 8 heteroatoms. The average molecular weight is 513 g/mol. The van der Waals surface area contributed by atoms with Gasteiger partial charge in [0.05, 0.1) is 16.4 Å². The Bertz CT molecular complexity index is 1250. The smallest absolute Gasteiger partial charge is 0.283 e. The van der Waals surface area contributed by atoms with Gasteiger partial charge in [-0.3, -0.25) is 14.6 Å². The molecular weight excluding hydrogens is 486 g/mol. The second kappa shape index (κ2) is 11.7. The van der Waals surface area contributed by atoms with Gasteiger partial charge in [-0.2, -0.15) is 5.10 Å². The molecule has 1 aromatic heterocycles. The highest BCUT2D eigenvalue weighted by atomic mass is 35.5. The number of benzene rings is 2. The van der Waals surface area contributed by atoms with Crippen LogP contribution in [0.5, 0.6) is 0 Å². The van der Waals surface area contributed by atoms with Gasteiger partial charge in [0.15, 0.2) is 5.69 Å². The van der Waals surface area contributed by atoms with Crippen molar-refractivity contribution in [1.29, 1.82) is 0 Å². The summed E-state index contributed by atoms with van der Waals surface area (Å²) in [5.41, 5.74) is 7.29. The summed E-state index contributed by atoms with van der Waals surface area (Å²) in [6, 6.07) is 12.8. The lowest BCUT2D eigenvalue weighted by atomic mass is 10.0. The topological polar surface area (TPSA) is 50.2 Å². The quantitative estimate of drug-likeness (QED) is 0.397. The summed E-state index contributed by atoms with van der Waals surface area (Å²) in [4.78, 5) is 13.3. The van der Waals surface area contributed by atoms with E-state index in [0.29, 0.717) is 27.8 Å². The number of piperidine rings is 1. The molecule has 1 aliphatic heterocycles. The number of alkyl halides is 1. The largest absolute Gasteiger partial charge is 0.286 e. The zero-order chi connectivity index (χ0) is 24.8. The first-order chi connectivity index (χ1) is 17.0. The molecule has 0 saturated carbocycles. The Morgan fingerprint density at radius 1 is 1.11 bits per heavy atom. The van der Waals surface area contributed by atoms with E-state index in [-0.39, 0.29) is 12.3 Å². The standard InChI is InChI=1S/C27H27Cl2FN4O/c1-2-22-25(27(35)32-33-16-6-3-7-17-33)31-34(24-14-13-21(28)18-23(24)29)26(22)20-11-9-19(10-12-20)8-4-5-15-30/h9-14,18H,2-3,5-7,15-17H2,1H3,(H,32,35). The fourth-order valence-electron chi connectivity index (χ4n) is 4.22. The number of carbonyl (C=O) groups is 1. The fraction of sp³-hybridized carbons (Fsp3) is 0.333. The van der Waals surface area contributed by atoms with Crippen molar-refractivity contribution in [2.75, 3.05) is 19.8 Å². The van der Waals surface area contributed by atoms with Crippen LogP contribution < -0.4 is 5.43 Å². The van der Waals surface area contributed by atoms with Crippen LogP contribution in [0.25, 0.3) is 16.9 Å². The fourth-order valence-corrected chi connectivity index (χ4v) is 4.71. The third-order valence-electron chi connectivity index (χ3n) is 5.92. The van der Waals surface area contributed by atoms with Gasteiger partial charge in [-0.25, -0.2) is 9.69 Å². The molecule has 0 spiro atoms. The van der Waals surface area contributed by atoms with Crippen LogP contribution in [0.15, 0.2) is 42.5 Å². The minimum absolute atomic E-state index is 0.207. The van der Waals surface area contributed by atoms with Crippen molar-refractivity contribution in [3.63, 3.8) is 0 Å². The summed E-state index contributed by atoms with van der Waals surface area (Å²) in [7, 11) is 0. The van der Waals surface area contributed by atoms with E-state index in [2.05, 4.69) is 17.3 Å². The molecule has 0 atom stereocenters. The highest BCUT2D eigenvalue weighted by molar-refractivity contribution is 6.35. The Hall–Kier alpha value is -2.85. The average Bonchev–Trinajstić information content (AvgIpc) is 3.25. The van der Waals surface area contributed by atoms with Crippen LogP contribution in [0.2, 0.25) is 10.0 Å². The maximum atomic E-state index is 13.3. The van der Waals surface area contributed by atoms with E-state index in [1.165, 1.54) is 6.42 Å². The van der Waals surface area contributed by atoms with Crippen LogP contribution >= 0.6 is 23.2 Å². The van der Waals surface area contributed by atoms with Crippen LogP contribution in [-0.2, 0) is 6.42 Å². The summed E-state index contributed by atoms with van der Waals surface area (Å²) >= 11 is 12.7. The van der Waals surface area contributed by atoms with Crippen molar-refractivity contribution in [3.8, 4) is 28.8 Å². The lowest BCUT2D eigenvalue weighted by Crippen LogP contribution is -2.45. The third kappa shape index (κ3) is 5.87. The first-order valence-electron chi connectivity index (χ1n) is 11.8. The van der Waals surface area contributed by atoms with E-state index < -0.39 is 6.67 Å². The van der Waals surface area contributed by atoms with Crippen molar-refractivity contribution in [1.82, 2.24) is 20.2 Å². The highest BCUT2D eigenvalue weighted by Gasteiger charge is 2.26. The molecule has 1 aliphatic rings. The minimum atomic E-state index is -0.464.